The van der Waals surface area contributed by atoms with E-state index in [9.17, 15) is 4.79 Å². The topological polar surface area (TPSA) is 95.9 Å². The van der Waals surface area contributed by atoms with Crippen LogP contribution in [0.3, 0.4) is 0 Å². The predicted octanol–water partition coefficient (Wildman–Crippen LogP) is 5.15. The fourth-order valence-corrected chi connectivity index (χ4v) is 3.99. The molecular weight excluding hydrogens is 426 g/mol. The summed E-state index contributed by atoms with van der Waals surface area (Å²) in [5.74, 6) is 0.204. The van der Waals surface area contributed by atoms with Gasteiger partial charge in [0.15, 0.2) is 12.3 Å². The zero-order chi connectivity index (χ0) is 22.1. The number of hydrogen-bond donors (Lipinski definition) is 0. The Morgan fingerprint density at radius 2 is 2.00 bits per heavy atom. The SMILES string of the molecule is CC(C)n1ncc2c(C(=O)OCc3noc(-c4cccs4)n3)cc(-c3ccccc3)nc21. The van der Waals surface area contributed by atoms with Gasteiger partial charge in [-0.3, -0.25) is 0 Å². The Kier molecular flexibility index (Phi) is 5.24. The molecule has 0 fully saturated rings. The van der Waals surface area contributed by atoms with Crippen LogP contribution < -0.4 is 0 Å². The number of rotatable bonds is 6. The van der Waals surface area contributed by atoms with Crippen LogP contribution in [0, 0.1) is 0 Å². The van der Waals surface area contributed by atoms with Crippen molar-refractivity contribution in [1.29, 1.82) is 0 Å². The van der Waals surface area contributed by atoms with E-state index in [1.807, 2.05) is 61.7 Å². The van der Waals surface area contributed by atoms with Crippen molar-refractivity contribution < 1.29 is 14.1 Å². The number of fused-ring (bicyclic) bond motifs is 1. The highest BCUT2D eigenvalue weighted by Gasteiger charge is 2.20. The van der Waals surface area contributed by atoms with Crippen LogP contribution in [0.2, 0.25) is 0 Å². The summed E-state index contributed by atoms with van der Waals surface area (Å²) in [6.45, 7) is 3.93. The third-order valence-corrected chi connectivity index (χ3v) is 5.74. The summed E-state index contributed by atoms with van der Waals surface area (Å²) in [5.41, 5.74) is 2.60. The maximum atomic E-state index is 13.1. The standard InChI is InChI=1S/C23H19N5O3S/c1-14(2)28-21-17(12-24-28)16(11-18(25-21)15-7-4-3-5-8-15)23(29)30-13-20-26-22(31-27-20)19-9-6-10-32-19/h3-12,14H,13H2,1-2H3. The highest BCUT2D eigenvalue weighted by atomic mass is 32.1. The molecule has 4 aromatic heterocycles. The first-order valence-electron chi connectivity index (χ1n) is 10.1. The molecule has 0 bridgehead atoms. The second-order valence-corrected chi connectivity index (χ2v) is 8.36. The minimum Gasteiger partial charge on any atom is -0.454 e. The van der Waals surface area contributed by atoms with E-state index >= 15 is 0 Å². The molecule has 9 heteroatoms. The summed E-state index contributed by atoms with van der Waals surface area (Å²) < 4.78 is 12.6. The molecule has 4 heterocycles. The van der Waals surface area contributed by atoms with E-state index in [1.165, 1.54) is 11.3 Å². The van der Waals surface area contributed by atoms with Crippen molar-refractivity contribution in [2.24, 2.45) is 0 Å². The highest BCUT2D eigenvalue weighted by molar-refractivity contribution is 7.13. The molecule has 0 aliphatic rings. The second-order valence-electron chi connectivity index (χ2n) is 7.41. The van der Waals surface area contributed by atoms with Crippen LogP contribution in [-0.4, -0.2) is 30.9 Å². The van der Waals surface area contributed by atoms with Gasteiger partial charge in [0.05, 0.1) is 27.7 Å². The van der Waals surface area contributed by atoms with Crippen LogP contribution in [0.1, 0.15) is 36.1 Å². The van der Waals surface area contributed by atoms with Gasteiger partial charge in [-0.15, -0.1) is 11.3 Å². The van der Waals surface area contributed by atoms with Gasteiger partial charge in [0, 0.05) is 11.6 Å². The van der Waals surface area contributed by atoms with Crippen molar-refractivity contribution in [2.75, 3.05) is 0 Å². The number of thiophene rings is 1. The normalized spacial score (nSPS) is 11.3. The molecule has 5 aromatic rings. The van der Waals surface area contributed by atoms with E-state index in [1.54, 1.807) is 16.9 Å². The second kappa shape index (κ2) is 8.35. The lowest BCUT2D eigenvalue weighted by atomic mass is 10.1. The minimum absolute atomic E-state index is 0.0879. The summed E-state index contributed by atoms with van der Waals surface area (Å²) in [4.78, 5) is 23.0. The Morgan fingerprint density at radius 1 is 1.16 bits per heavy atom. The van der Waals surface area contributed by atoms with Gasteiger partial charge in [0.1, 0.15) is 0 Å². The van der Waals surface area contributed by atoms with Gasteiger partial charge < -0.3 is 9.26 Å². The fraction of sp³-hybridized carbons (Fsp3) is 0.174. The van der Waals surface area contributed by atoms with E-state index in [0.717, 1.165) is 10.4 Å². The first-order chi connectivity index (χ1) is 15.6. The number of hydrogen-bond acceptors (Lipinski definition) is 8. The molecule has 32 heavy (non-hydrogen) atoms. The van der Waals surface area contributed by atoms with Gasteiger partial charge >= 0.3 is 5.97 Å². The average molecular weight is 446 g/mol. The molecular formula is C23H19N5O3S. The van der Waals surface area contributed by atoms with Crippen LogP contribution in [0.25, 0.3) is 33.1 Å². The molecule has 0 spiro atoms. The number of pyridine rings is 1. The molecule has 0 aliphatic carbocycles. The van der Waals surface area contributed by atoms with Crippen molar-refractivity contribution in [3.8, 4) is 22.0 Å². The van der Waals surface area contributed by atoms with Gasteiger partial charge in [0.25, 0.3) is 5.89 Å². The molecule has 0 saturated carbocycles. The van der Waals surface area contributed by atoms with Crippen LogP contribution in [0.5, 0.6) is 0 Å². The largest absolute Gasteiger partial charge is 0.454 e. The Morgan fingerprint density at radius 3 is 2.75 bits per heavy atom. The third-order valence-electron chi connectivity index (χ3n) is 4.88. The summed E-state index contributed by atoms with van der Waals surface area (Å²) >= 11 is 1.50. The zero-order valence-corrected chi connectivity index (χ0v) is 18.2. The molecule has 0 radical (unpaired) electrons. The first-order valence-corrected chi connectivity index (χ1v) is 11.0. The number of benzene rings is 1. The summed E-state index contributed by atoms with van der Waals surface area (Å²) in [6, 6.07) is 15.3. The third kappa shape index (κ3) is 3.78. The van der Waals surface area contributed by atoms with Gasteiger partial charge in [-0.05, 0) is 31.4 Å². The Hall–Kier alpha value is -3.85. The number of ether oxygens (including phenoxy) is 1. The van der Waals surface area contributed by atoms with E-state index in [0.29, 0.717) is 34.0 Å². The van der Waals surface area contributed by atoms with Gasteiger partial charge in [0.2, 0.25) is 5.82 Å². The zero-order valence-electron chi connectivity index (χ0n) is 17.4. The lowest BCUT2D eigenvalue weighted by molar-refractivity contribution is 0.0462. The lowest BCUT2D eigenvalue weighted by Crippen LogP contribution is -2.09. The fourth-order valence-electron chi connectivity index (χ4n) is 3.34. The molecule has 0 saturated heterocycles. The molecule has 0 amide bonds. The maximum absolute atomic E-state index is 13.1. The minimum atomic E-state index is -0.500. The first kappa shape index (κ1) is 20.1. The van der Waals surface area contributed by atoms with Gasteiger partial charge in [-0.25, -0.2) is 14.5 Å². The molecule has 8 nitrogen and oxygen atoms in total. The quantitative estimate of drug-likeness (QED) is 0.334. The summed E-state index contributed by atoms with van der Waals surface area (Å²) in [6.07, 6.45) is 1.65. The summed E-state index contributed by atoms with van der Waals surface area (Å²) in [5, 5.41) is 10.9. The number of carbonyl (C=O) groups is 1. The Labute approximate surface area is 187 Å². The van der Waals surface area contributed by atoms with Gasteiger partial charge in [-0.1, -0.05) is 41.6 Å². The van der Waals surface area contributed by atoms with E-state index < -0.39 is 5.97 Å². The highest BCUT2D eigenvalue weighted by Crippen LogP contribution is 2.27. The molecule has 160 valence electrons. The van der Waals surface area contributed by atoms with Crippen LogP contribution in [-0.2, 0) is 11.3 Å². The molecule has 0 aliphatic heterocycles. The van der Waals surface area contributed by atoms with Crippen molar-refractivity contribution in [3.63, 3.8) is 0 Å². The molecule has 0 atom stereocenters. The van der Waals surface area contributed by atoms with Crippen molar-refractivity contribution in [2.45, 2.75) is 26.5 Å². The van der Waals surface area contributed by atoms with Crippen molar-refractivity contribution in [1.82, 2.24) is 24.9 Å². The predicted molar refractivity (Wildman–Crippen MR) is 120 cm³/mol. The van der Waals surface area contributed by atoms with Crippen molar-refractivity contribution >= 4 is 28.3 Å². The Bertz CT molecular complexity index is 1370. The van der Waals surface area contributed by atoms with Crippen LogP contribution in [0.15, 0.2) is 64.6 Å². The monoisotopic (exact) mass is 445 g/mol. The number of esters is 1. The number of nitrogens with zero attached hydrogens (tertiary/aromatic N) is 5. The smallest absolute Gasteiger partial charge is 0.339 e. The van der Waals surface area contributed by atoms with E-state index in [4.69, 9.17) is 14.2 Å². The maximum Gasteiger partial charge on any atom is 0.339 e. The van der Waals surface area contributed by atoms with E-state index in [2.05, 4.69) is 15.2 Å². The van der Waals surface area contributed by atoms with Gasteiger partial charge in [-0.2, -0.15) is 10.1 Å². The van der Waals surface area contributed by atoms with E-state index in [-0.39, 0.29) is 12.6 Å². The number of aromatic nitrogens is 5. The molecule has 5 rings (SSSR count). The van der Waals surface area contributed by atoms with Crippen molar-refractivity contribution in [3.05, 3.63) is 71.5 Å². The number of carbonyl (C=O) groups excluding carboxylic acids is 1. The molecule has 0 unspecified atom stereocenters. The lowest BCUT2D eigenvalue weighted by Gasteiger charge is -2.10. The average Bonchev–Trinajstić information content (AvgIpc) is 3.57. The van der Waals surface area contributed by atoms with Crippen LogP contribution >= 0.6 is 11.3 Å². The molecule has 1 aromatic carbocycles. The Balaban J connectivity index is 1.46. The summed E-state index contributed by atoms with van der Waals surface area (Å²) in [7, 11) is 0. The molecule has 0 N–H and O–H groups in total. The van der Waals surface area contributed by atoms with Crippen LogP contribution in [0.4, 0.5) is 0 Å².